The van der Waals surface area contributed by atoms with E-state index in [-0.39, 0.29) is 0 Å². The molecule has 2 aromatic heterocycles. The number of aryl methyl sites for hydroxylation is 1. The quantitative estimate of drug-likeness (QED) is 0.147. The Morgan fingerprint density at radius 2 is 1.93 bits per heavy atom. The molecule has 0 aliphatic carbocycles. The predicted octanol–water partition coefficient (Wildman–Crippen LogP) is 6.27. The second-order valence-electron chi connectivity index (χ2n) is 10.4. The third-order valence-corrected chi connectivity index (χ3v) is 9.11. The fourth-order valence-electron chi connectivity index (χ4n) is 5.03. The summed E-state index contributed by atoms with van der Waals surface area (Å²) in [5.41, 5.74) is 5.11. The highest BCUT2D eigenvalue weighted by Gasteiger charge is 2.25. The van der Waals surface area contributed by atoms with Crippen molar-refractivity contribution in [3.05, 3.63) is 47.2 Å². The average molecular weight is 681 g/mol. The molecule has 0 unspecified atom stereocenters. The van der Waals surface area contributed by atoms with E-state index in [2.05, 4.69) is 58.2 Å². The standard InChI is InChI=1S/C30H35BrN9O3P/c1-7-33-27-22(32-2)8-9-23(28(27)44(5,6)41)35-29-20(31)18-34-30(37-29)36-24-16-19(21-10-11-39(3)38-21)25(17-26(24)42-4)40-12-14-43-15-13-40/h7-11,16-18H,2,12-15H2,1,3-6H3,(H2,34,35,36,37)/b33-7-. The first-order valence-electron chi connectivity index (χ1n) is 13.9. The third kappa shape index (κ3) is 6.69. The van der Waals surface area contributed by atoms with E-state index in [9.17, 15) is 4.57 Å². The molecule has 5 rings (SSSR count). The largest absolute Gasteiger partial charge is 0.494 e. The smallest absolute Gasteiger partial charge is 0.229 e. The lowest BCUT2D eigenvalue weighted by Crippen LogP contribution is -2.36. The highest BCUT2D eigenvalue weighted by molar-refractivity contribution is 9.10. The van der Waals surface area contributed by atoms with Crippen molar-refractivity contribution in [2.75, 3.05) is 62.3 Å². The van der Waals surface area contributed by atoms with Crippen LogP contribution < -0.4 is 25.6 Å². The second kappa shape index (κ2) is 13.3. The molecule has 0 amide bonds. The summed E-state index contributed by atoms with van der Waals surface area (Å²) in [4.78, 5) is 20.1. The van der Waals surface area contributed by atoms with Gasteiger partial charge in [-0.1, -0.05) is 0 Å². The SMILES string of the molecule is C=Nc1ccc(Nc2nc(Nc3cc(-c4ccn(C)n4)c(N4CCOCC4)cc3OC)ncc2Br)c(P(C)(C)=O)c1/N=C\C. The van der Waals surface area contributed by atoms with Gasteiger partial charge in [0, 0.05) is 50.4 Å². The van der Waals surface area contributed by atoms with Crippen molar-refractivity contribution in [3.8, 4) is 17.0 Å². The number of benzene rings is 2. The van der Waals surface area contributed by atoms with Crippen LogP contribution in [0.5, 0.6) is 5.75 Å². The maximum Gasteiger partial charge on any atom is 0.229 e. The van der Waals surface area contributed by atoms with Gasteiger partial charge in [0.2, 0.25) is 5.95 Å². The van der Waals surface area contributed by atoms with Gasteiger partial charge in [0.15, 0.2) is 0 Å². The highest BCUT2D eigenvalue weighted by Crippen LogP contribution is 2.46. The lowest BCUT2D eigenvalue weighted by Gasteiger charge is -2.31. The third-order valence-electron chi connectivity index (χ3n) is 7.00. The van der Waals surface area contributed by atoms with E-state index in [4.69, 9.17) is 14.5 Å². The molecular formula is C30H35BrN9O3P. The molecule has 4 aromatic rings. The molecule has 12 nitrogen and oxygen atoms in total. The second-order valence-corrected chi connectivity index (χ2v) is 14.4. The van der Waals surface area contributed by atoms with Gasteiger partial charge in [-0.25, -0.2) is 4.98 Å². The molecule has 1 aliphatic rings. The van der Waals surface area contributed by atoms with Crippen molar-refractivity contribution in [2.45, 2.75) is 6.92 Å². The Hall–Kier alpha value is -4.06. The maximum atomic E-state index is 13.5. The number of methoxy groups -OCH3 is 1. The summed E-state index contributed by atoms with van der Waals surface area (Å²) < 4.78 is 27.3. The number of aliphatic imine (C=N–C) groups is 2. The first-order chi connectivity index (χ1) is 21.1. The van der Waals surface area contributed by atoms with Crippen molar-refractivity contribution >= 4 is 81.5 Å². The fraction of sp³-hybridized carbons (Fsp3) is 0.300. The van der Waals surface area contributed by atoms with E-state index in [1.165, 1.54) is 0 Å². The minimum absolute atomic E-state index is 0.328. The van der Waals surface area contributed by atoms with Gasteiger partial charge in [0.1, 0.15) is 24.4 Å². The molecule has 1 fully saturated rings. The van der Waals surface area contributed by atoms with E-state index in [0.29, 0.717) is 63.3 Å². The number of halogens is 1. The minimum Gasteiger partial charge on any atom is -0.494 e. The Kier molecular flexibility index (Phi) is 9.48. The van der Waals surface area contributed by atoms with Crippen LogP contribution in [0.15, 0.2) is 57.2 Å². The van der Waals surface area contributed by atoms with Crippen molar-refractivity contribution in [1.82, 2.24) is 19.7 Å². The topological polar surface area (TPSA) is 131 Å². The van der Waals surface area contributed by atoms with Crippen molar-refractivity contribution < 1.29 is 14.0 Å². The minimum atomic E-state index is -2.82. The van der Waals surface area contributed by atoms with E-state index in [1.54, 1.807) is 50.5 Å². The number of hydrogen-bond acceptors (Lipinski definition) is 11. The van der Waals surface area contributed by atoms with Crippen LogP contribution in [-0.4, -0.2) is 79.4 Å². The van der Waals surface area contributed by atoms with E-state index >= 15 is 0 Å². The summed E-state index contributed by atoms with van der Waals surface area (Å²) in [5.74, 6) is 1.42. The fourth-order valence-corrected chi connectivity index (χ4v) is 6.71. The monoisotopic (exact) mass is 679 g/mol. The Labute approximate surface area is 265 Å². The summed E-state index contributed by atoms with van der Waals surface area (Å²) in [7, 11) is 0.709. The normalized spacial score (nSPS) is 13.7. The van der Waals surface area contributed by atoms with Gasteiger partial charge >= 0.3 is 0 Å². The van der Waals surface area contributed by atoms with Gasteiger partial charge in [-0.3, -0.25) is 14.7 Å². The summed E-state index contributed by atoms with van der Waals surface area (Å²) in [6.07, 6.45) is 5.21. The van der Waals surface area contributed by atoms with E-state index in [1.807, 2.05) is 37.5 Å². The Balaban J connectivity index is 1.55. The molecule has 14 heteroatoms. The molecule has 1 aliphatic heterocycles. The van der Waals surface area contributed by atoms with Gasteiger partial charge in [-0.15, -0.1) is 0 Å². The molecule has 2 aromatic carbocycles. The van der Waals surface area contributed by atoms with Gasteiger partial charge in [-0.2, -0.15) is 10.1 Å². The number of nitrogens with zero attached hydrogens (tertiary/aromatic N) is 7. The Morgan fingerprint density at radius 1 is 1.16 bits per heavy atom. The van der Waals surface area contributed by atoms with Crippen molar-refractivity contribution in [3.63, 3.8) is 0 Å². The molecule has 0 radical (unpaired) electrons. The van der Waals surface area contributed by atoms with Crippen molar-refractivity contribution in [1.29, 1.82) is 0 Å². The van der Waals surface area contributed by atoms with E-state index < -0.39 is 7.14 Å². The molecular weight excluding hydrogens is 645 g/mol. The highest BCUT2D eigenvalue weighted by atomic mass is 79.9. The number of anilines is 5. The predicted molar refractivity (Wildman–Crippen MR) is 183 cm³/mol. The molecule has 0 spiro atoms. The summed E-state index contributed by atoms with van der Waals surface area (Å²) in [6, 6.07) is 9.58. The summed E-state index contributed by atoms with van der Waals surface area (Å²) in [6.45, 7) is 11.7. The lowest BCUT2D eigenvalue weighted by molar-refractivity contribution is 0.122. The molecule has 3 heterocycles. The molecule has 0 saturated carbocycles. The van der Waals surface area contributed by atoms with Crippen molar-refractivity contribution in [2.24, 2.45) is 17.0 Å². The number of aromatic nitrogens is 4. The van der Waals surface area contributed by atoms with E-state index in [0.717, 1.165) is 30.0 Å². The number of ether oxygens (including phenoxy) is 2. The maximum absolute atomic E-state index is 13.5. The lowest BCUT2D eigenvalue weighted by atomic mass is 10.1. The zero-order chi connectivity index (χ0) is 31.4. The zero-order valence-electron chi connectivity index (χ0n) is 25.3. The summed E-state index contributed by atoms with van der Waals surface area (Å²) in [5, 5.41) is 11.9. The van der Waals surface area contributed by atoms with Crippen LogP contribution in [0.25, 0.3) is 11.3 Å². The Morgan fingerprint density at radius 3 is 2.57 bits per heavy atom. The van der Waals surface area contributed by atoms with Crippen LogP contribution >= 0.6 is 23.1 Å². The average Bonchev–Trinajstić information content (AvgIpc) is 3.44. The van der Waals surface area contributed by atoms with Gasteiger partial charge in [0.05, 0.1) is 58.5 Å². The Bertz CT molecular complexity index is 1760. The number of morpholine rings is 1. The summed E-state index contributed by atoms with van der Waals surface area (Å²) >= 11 is 3.56. The van der Waals surface area contributed by atoms with Crippen LogP contribution in [0.4, 0.5) is 40.2 Å². The van der Waals surface area contributed by atoms with Crippen LogP contribution in [0.1, 0.15) is 6.92 Å². The molecule has 1 saturated heterocycles. The van der Waals surface area contributed by atoms with Gasteiger partial charge < -0.3 is 29.6 Å². The molecule has 44 heavy (non-hydrogen) atoms. The molecule has 230 valence electrons. The molecule has 0 atom stereocenters. The number of rotatable bonds is 10. The van der Waals surface area contributed by atoms with Crippen LogP contribution in [-0.2, 0) is 16.3 Å². The number of hydrogen-bond donors (Lipinski definition) is 2. The number of nitrogens with one attached hydrogen (secondary N) is 2. The first kappa shape index (κ1) is 31.4. The molecule has 0 bridgehead atoms. The van der Waals surface area contributed by atoms with Gasteiger partial charge in [0.25, 0.3) is 0 Å². The van der Waals surface area contributed by atoms with Gasteiger partial charge in [-0.05, 0) is 67.2 Å². The van der Waals surface area contributed by atoms with Crippen LogP contribution in [0.3, 0.4) is 0 Å². The van der Waals surface area contributed by atoms with Crippen LogP contribution in [0, 0.1) is 0 Å². The first-order valence-corrected chi connectivity index (χ1v) is 17.3. The zero-order valence-corrected chi connectivity index (χ0v) is 27.8. The van der Waals surface area contributed by atoms with Crippen LogP contribution in [0.2, 0.25) is 0 Å². The molecule has 2 N–H and O–H groups in total.